The van der Waals surface area contributed by atoms with Crippen molar-refractivity contribution in [3.63, 3.8) is 0 Å². The molecule has 1 amide bonds. The van der Waals surface area contributed by atoms with Crippen LogP contribution in [-0.4, -0.2) is 27.9 Å². The maximum absolute atomic E-state index is 13.0. The number of para-hydroxylation sites is 1. The lowest BCUT2D eigenvalue weighted by Gasteiger charge is -2.05. The summed E-state index contributed by atoms with van der Waals surface area (Å²) in [7, 11) is 0. The van der Waals surface area contributed by atoms with Gasteiger partial charge in [-0.2, -0.15) is 0 Å². The fourth-order valence-corrected chi connectivity index (χ4v) is 3.93. The van der Waals surface area contributed by atoms with Crippen molar-refractivity contribution in [2.24, 2.45) is 0 Å². The summed E-state index contributed by atoms with van der Waals surface area (Å²) in [6.45, 7) is 13.1. The quantitative estimate of drug-likeness (QED) is 0.578. The minimum atomic E-state index is -1.12. The van der Waals surface area contributed by atoms with Crippen molar-refractivity contribution >= 4 is 39.3 Å². The number of aromatic nitrogens is 1. The Bertz CT molecular complexity index is 1390. The molecule has 4 rings (SSSR count). The van der Waals surface area contributed by atoms with E-state index in [-0.39, 0.29) is 17.3 Å². The topological polar surface area (TPSA) is 82.2 Å². The summed E-state index contributed by atoms with van der Waals surface area (Å²) in [4.78, 5) is 29.2. The number of Topliss-reactive ketones (excluding diaryl/α,β-unsaturated/α-hetero) is 1. The molecule has 3 aromatic rings. The van der Waals surface area contributed by atoms with Crippen LogP contribution in [0.2, 0.25) is 0 Å². The summed E-state index contributed by atoms with van der Waals surface area (Å²) in [6.07, 6.45) is 1.79. The van der Waals surface area contributed by atoms with Gasteiger partial charge in [-0.3, -0.25) is 9.59 Å². The first-order valence-corrected chi connectivity index (χ1v) is 10.9. The predicted molar refractivity (Wildman–Crippen MR) is 135 cm³/mol. The molecule has 1 heterocycles. The maximum atomic E-state index is 13.0. The maximum Gasteiger partial charge on any atom is 0.253 e. The fourth-order valence-electron chi connectivity index (χ4n) is 3.93. The molecule has 0 saturated carbocycles. The number of carbonyl (C=O) groups excluding carboxylic acids is 2. The second-order valence-electron chi connectivity index (χ2n) is 7.29. The Morgan fingerprint density at radius 3 is 2.18 bits per heavy atom. The van der Waals surface area contributed by atoms with Crippen LogP contribution in [0.3, 0.4) is 0 Å². The van der Waals surface area contributed by atoms with Crippen molar-refractivity contribution in [3.05, 3.63) is 102 Å². The van der Waals surface area contributed by atoms with E-state index in [9.17, 15) is 14.7 Å². The number of fused-ring (bicyclic) bond motifs is 1. The summed E-state index contributed by atoms with van der Waals surface area (Å²) < 4.78 is 0. The molecule has 1 aliphatic rings. The van der Waals surface area contributed by atoms with Crippen LogP contribution in [0.4, 0.5) is 5.69 Å². The molecule has 5 nitrogen and oxygen atoms in total. The highest BCUT2D eigenvalue weighted by Crippen LogP contribution is 2.30. The molecule has 33 heavy (non-hydrogen) atoms. The van der Waals surface area contributed by atoms with E-state index >= 15 is 0 Å². The highest BCUT2D eigenvalue weighted by atomic mass is 16.3. The number of hydrogen-bond acceptors (Lipinski definition) is 3. The van der Waals surface area contributed by atoms with Crippen molar-refractivity contribution in [1.29, 1.82) is 0 Å². The van der Waals surface area contributed by atoms with E-state index in [2.05, 4.69) is 23.5 Å². The molecule has 1 aromatic heterocycles. The number of aliphatic hydroxyl groups is 1. The number of carbonyl (C=O) groups is 2. The molecule has 1 unspecified atom stereocenters. The fraction of sp³-hybridized carbons (Fsp3) is 0.143. The molecule has 168 valence electrons. The number of rotatable bonds is 4. The second kappa shape index (κ2) is 10.1. The molecular weight excluding hydrogens is 412 g/mol. The Hall–Kier alpha value is -3.96. The predicted octanol–water partition coefficient (Wildman–Crippen LogP) is 3.77. The van der Waals surface area contributed by atoms with E-state index in [0.717, 1.165) is 10.8 Å². The van der Waals surface area contributed by atoms with E-state index in [1.165, 1.54) is 12.2 Å². The molecule has 3 N–H and O–H groups in total. The van der Waals surface area contributed by atoms with Gasteiger partial charge in [0.2, 0.25) is 0 Å². The molecule has 2 aromatic carbocycles. The van der Waals surface area contributed by atoms with E-state index in [1.54, 1.807) is 6.92 Å². The second-order valence-corrected chi connectivity index (χ2v) is 7.29. The van der Waals surface area contributed by atoms with Crippen molar-refractivity contribution in [3.8, 4) is 0 Å². The highest BCUT2D eigenvalue weighted by Gasteiger charge is 2.34. The number of hydrogen-bond donors (Lipinski definition) is 3. The number of ketones is 1. The lowest BCUT2D eigenvalue weighted by Crippen LogP contribution is -2.25. The Morgan fingerprint density at radius 2 is 1.61 bits per heavy atom. The summed E-state index contributed by atoms with van der Waals surface area (Å²) in [6, 6.07) is 16.7. The molecule has 0 saturated heterocycles. The van der Waals surface area contributed by atoms with Gasteiger partial charge in [0.05, 0.1) is 16.3 Å². The van der Waals surface area contributed by atoms with Crippen molar-refractivity contribution in [1.82, 2.24) is 4.98 Å². The van der Waals surface area contributed by atoms with Gasteiger partial charge >= 0.3 is 0 Å². The van der Waals surface area contributed by atoms with Gasteiger partial charge in [-0.05, 0) is 24.6 Å². The first-order valence-electron chi connectivity index (χ1n) is 10.9. The Morgan fingerprint density at radius 1 is 1.00 bits per heavy atom. The molecular formula is C28H28N2O3. The minimum Gasteiger partial charge on any atom is -0.383 e. The normalized spacial score (nSPS) is 17.9. The van der Waals surface area contributed by atoms with E-state index in [0.29, 0.717) is 33.1 Å². The van der Waals surface area contributed by atoms with Gasteiger partial charge in [-0.25, -0.2) is 0 Å². The number of amides is 1. The van der Waals surface area contributed by atoms with Crippen molar-refractivity contribution in [2.75, 3.05) is 5.32 Å². The van der Waals surface area contributed by atoms with Crippen LogP contribution in [0.15, 0.2) is 91.1 Å². The van der Waals surface area contributed by atoms with Gasteiger partial charge in [0.1, 0.15) is 6.10 Å². The third-order valence-electron chi connectivity index (χ3n) is 5.52. The zero-order valence-electron chi connectivity index (χ0n) is 19.1. The molecule has 0 fully saturated rings. The highest BCUT2D eigenvalue weighted by molar-refractivity contribution is 6.31. The SMILES string of the molecule is C=CC1=C(C=C)C(O)/C(=c2/[nH]/c(=C(\C)C(=O)Nc3ccccc3)c3ccccc23)C1=O.CC. The molecule has 0 spiro atoms. The van der Waals surface area contributed by atoms with Gasteiger partial charge in [-0.1, -0.05) is 81.6 Å². The summed E-state index contributed by atoms with van der Waals surface area (Å²) in [5.74, 6) is -0.563. The Labute approximate surface area is 193 Å². The lowest BCUT2D eigenvalue weighted by molar-refractivity contribution is -0.111. The summed E-state index contributed by atoms with van der Waals surface area (Å²) >= 11 is 0. The van der Waals surface area contributed by atoms with Crippen LogP contribution in [0.1, 0.15) is 20.8 Å². The number of benzene rings is 2. The molecule has 0 radical (unpaired) electrons. The van der Waals surface area contributed by atoms with Crippen molar-refractivity contribution < 1.29 is 14.7 Å². The van der Waals surface area contributed by atoms with Gasteiger partial charge < -0.3 is 15.4 Å². The van der Waals surface area contributed by atoms with Gasteiger partial charge in [0, 0.05) is 27.6 Å². The number of aliphatic hydroxyl groups excluding tert-OH is 1. The molecule has 0 bridgehead atoms. The minimum absolute atomic E-state index is 0.225. The average Bonchev–Trinajstić information content (AvgIpc) is 3.34. The third-order valence-corrected chi connectivity index (χ3v) is 5.52. The van der Waals surface area contributed by atoms with Crippen LogP contribution in [-0.2, 0) is 9.59 Å². The van der Waals surface area contributed by atoms with Gasteiger partial charge in [-0.15, -0.1) is 0 Å². The van der Waals surface area contributed by atoms with E-state index in [1.807, 2.05) is 68.4 Å². The molecule has 5 heteroatoms. The smallest absolute Gasteiger partial charge is 0.253 e. The summed E-state index contributed by atoms with van der Waals surface area (Å²) in [5.41, 5.74) is 2.14. The van der Waals surface area contributed by atoms with Gasteiger partial charge in [0.25, 0.3) is 5.91 Å². The average molecular weight is 441 g/mol. The van der Waals surface area contributed by atoms with Crippen LogP contribution in [0, 0.1) is 0 Å². The Kier molecular flexibility index (Phi) is 7.26. The van der Waals surface area contributed by atoms with Crippen molar-refractivity contribution in [2.45, 2.75) is 26.9 Å². The standard InChI is InChI=1S/C26H22N2O3.C2H6/c1-4-17-18(5-2)25(30)21(24(17)29)23-20-14-10-9-13-19(20)22(28-23)15(3)26(31)27-16-11-7-6-8-12-16;1-2/h4-14,24,28-29H,1-2H2,3H3,(H,27,31);1-2H3/b22-15+,23-21-;. The lowest BCUT2D eigenvalue weighted by atomic mass is 10.1. The third kappa shape index (κ3) is 4.23. The van der Waals surface area contributed by atoms with Crippen LogP contribution >= 0.6 is 0 Å². The number of nitrogens with one attached hydrogen (secondary N) is 2. The molecule has 0 aliphatic heterocycles. The van der Waals surface area contributed by atoms with Crippen LogP contribution in [0.25, 0.3) is 21.9 Å². The number of allylic oxidation sites excluding steroid dienone is 2. The largest absolute Gasteiger partial charge is 0.383 e. The number of anilines is 1. The van der Waals surface area contributed by atoms with Crippen LogP contribution in [0.5, 0.6) is 0 Å². The number of H-pyrrole nitrogens is 1. The van der Waals surface area contributed by atoms with Crippen LogP contribution < -0.4 is 16.0 Å². The zero-order valence-corrected chi connectivity index (χ0v) is 19.1. The van der Waals surface area contributed by atoms with E-state index in [4.69, 9.17) is 0 Å². The first kappa shape index (κ1) is 23.7. The Balaban J connectivity index is 0.00000149. The van der Waals surface area contributed by atoms with Gasteiger partial charge in [0.15, 0.2) is 5.78 Å². The zero-order chi connectivity index (χ0) is 24.1. The first-order chi connectivity index (χ1) is 16.0. The number of aromatic amines is 1. The summed E-state index contributed by atoms with van der Waals surface area (Å²) in [5, 5.41) is 16.4. The monoisotopic (exact) mass is 440 g/mol. The molecule has 1 atom stereocenters. The van der Waals surface area contributed by atoms with E-state index < -0.39 is 6.10 Å². The molecule has 1 aliphatic carbocycles.